The lowest BCUT2D eigenvalue weighted by Crippen LogP contribution is -2.35. The van der Waals surface area contributed by atoms with Crippen LogP contribution in [0.1, 0.15) is 41.3 Å². The molecule has 6 nitrogen and oxygen atoms in total. The summed E-state index contributed by atoms with van der Waals surface area (Å²) < 4.78 is 7.51. The van der Waals surface area contributed by atoms with Gasteiger partial charge in [-0.2, -0.15) is 0 Å². The molecule has 0 saturated heterocycles. The molecule has 1 N–H and O–H groups in total. The minimum absolute atomic E-state index is 0.0601. The summed E-state index contributed by atoms with van der Waals surface area (Å²) in [4.78, 5) is 28.1. The highest BCUT2D eigenvalue weighted by Gasteiger charge is 2.32. The molecule has 1 aromatic heterocycles. The predicted molar refractivity (Wildman–Crippen MR) is 139 cm³/mol. The smallest absolute Gasteiger partial charge is 0.224 e. The van der Waals surface area contributed by atoms with E-state index in [2.05, 4.69) is 28.1 Å². The number of aromatic nitrogens is 1. The SMILES string of the molecule is COc1ccc(C2c3cccn3-c3ccccc3CN2C(=O)CCC(=O)NCc2ccccc2)cc1. The van der Waals surface area contributed by atoms with E-state index in [1.807, 2.05) is 83.9 Å². The van der Waals surface area contributed by atoms with E-state index in [9.17, 15) is 9.59 Å². The van der Waals surface area contributed by atoms with Gasteiger partial charge in [-0.3, -0.25) is 9.59 Å². The van der Waals surface area contributed by atoms with Crippen LogP contribution in [0.15, 0.2) is 97.2 Å². The first-order valence-electron chi connectivity index (χ1n) is 12.1. The Balaban J connectivity index is 1.40. The van der Waals surface area contributed by atoms with E-state index >= 15 is 0 Å². The van der Waals surface area contributed by atoms with Gasteiger partial charge in [-0.05, 0) is 47.0 Å². The van der Waals surface area contributed by atoms with Crippen LogP contribution in [0.4, 0.5) is 0 Å². The highest BCUT2D eigenvalue weighted by atomic mass is 16.5. The number of para-hydroxylation sites is 1. The van der Waals surface area contributed by atoms with Crippen molar-refractivity contribution >= 4 is 11.8 Å². The minimum atomic E-state index is -0.293. The molecule has 0 spiro atoms. The van der Waals surface area contributed by atoms with Crippen LogP contribution in [0.5, 0.6) is 5.75 Å². The summed E-state index contributed by atoms with van der Waals surface area (Å²) in [6.45, 7) is 0.909. The van der Waals surface area contributed by atoms with Crippen LogP contribution in [0.3, 0.4) is 0 Å². The van der Waals surface area contributed by atoms with Crippen molar-refractivity contribution in [2.45, 2.75) is 32.0 Å². The molecule has 0 fully saturated rings. The van der Waals surface area contributed by atoms with Crippen LogP contribution in [0.25, 0.3) is 5.69 Å². The number of hydrogen-bond acceptors (Lipinski definition) is 3. The van der Waals surface area contributed by atoms with Gasteiger partial charge in [0.1, 0.15) is 5.75 Å². The van der Waals surface area contributed by atoms with Crippen molar-refractivity contribution in [3.05, 3.63) is 120 Å². The lowest BCUT2D eigenvalue weighted by molar-refractivity contribution is -0.135. The molecule has 2 heterocycles. The van der Waals surface area contributed by atoms with Crippen molar-refractivity contribution in [3.63, 3.8) is 0 Å². The van der Waals surface area contributed by atoms with E-state index < -0.39 is 0 Å². The van der Waals surface area contributed by atoms with Gasteiger partial charge in [-0.15, -0.1) is 0 Å². The van der Waals surface area contributed by atoms with Crippen LogP contribution in [0.2, 0.25) is 0 Å². The first-order valence-corrected chi connectivity index (χ1v) is 12.1. The molecule has 5 rings (SSSR count). The fraction of sp³-hybridized carbons (Fsp3) is 0.200. The molecule has 0 saturated carbocycles. The monoisotopic (exact) mass is 479 g/mol. The average molecular weight is 480 g/mol. The topological polar surface area (TPSA) is 63.6 Å². The second-order valence-corrected chi connectivity index (χ2v) is 8.89. The molecule has 0 bridgehead atoms. The summed E-state index contributed by atoms with van der Waals surface area (Å²) in [5.41, 5.74) is 5.15. The Kier molecular flexibility index (Phi) is 6.85. The number of nitrogens with one attached hydrogen (secondary N) is 1. The summed E-state index contributed by atoms with van der Waals surface area (Å²) in [5, 5.41) is 2.92. The first-order chi connectivity index (χ1) is 17.6. The number of carbonyl (C=O) groups excluding carboxylic acids is 2. The summed E-state index contributed by atoms with van der Waals surface area (Å²) in [6, 6.07) is 29.5. The van der Waals surface area contributed by atoms with E-state index in [0.29, 0.717) is 13.1 Å². The molecule has 0 radical (unpaired) electrons. The van der Waals surface area contributed by atoms with Crippen molar-refractivity contribution in [1.29, 1.82) is 0 Å². The van der Waals surface area contributed by atoms with Crippen LogP contribution < -0.4 is 10.1 Å². The Labute approximate surface area is 211 Å². The minimum Gasteiger partial charge on any atom is -0.497 e. The van der Waals surface area contributed by atoms with Gasteiger partial charge >= 0.3 is 0 Å². The van der Waals surface area contributed by atoms with Gasteiger partial charge in [0.15, 0.2) is 0 Å². The van der Waals surface area contributed by atoms with Crippen molar-refractivity contribution in [3.8, 4) is 11.4 Å². The summed E-state index contributed by atoms with van der Waals surface area (Å²) in [7, 11) is 1.64. The summed E-state index contributed by atoms with van der Waals surface area (Å²) >= 11 is 0. The molecule has 0 aliphatic carbocycles. The zero-order valence-electron chi connectivity index (χ0n) is 20.3. The molecule has 4 aromatic rings. The van der Waals surface area contributed by atoms with Crippen molar-refractivity contribution < 1.29 is 14.3 Å². The summed E-state index contributed by atoms with van der Waals surface area (Å²) in [6.07, 6.45) is 2.31. The second-order valence-electron chi connectivity index (χ2n) is 8.89. The average Bonchev–Trinajstić information content (AvgIpc) is 3.35. The number of benzene rings is 3. The zero-order chi connectivity index (χ0) is 24.9. The van der Waals surface area contributed by atoms with Gasteiger partial charge < -0.3 is 19.5 Å². The van der Waals surface area contributed by atoms with Crippen molar-refractivity contribution in [2.75, 3.05) is 7.11 Å². The third-order valence-corrected chi connectivity index (χ3v) is 6.61. The first kappa shape index (κ1) is 23.4. The second kappa shape index (κ2) is 10.5. The molecule has 3 aromatic carbocycles. The number of methoxy groups -OCH3 is 1. The number of amides is 2. The van der Waals surface area contributed by atoms with E-state index in [-0.39, 0.29) is 30.7 Å². The number of ether oxygens (including phenoxy) is 1. The highest BCUT2D eigenvalue weighted by Crippen LogP contribution is 2.37. The number of fused-ring (bicyclic) bond motifs is 3. The molecule has 2 amide bonds. The van der Waals surface area contributed by atoms with Gasteiger partial charge in [0.25, 0.3) is 0 Å². The molecular formula is C30H29N3O3. The maximum atomic E-state index is 13.7. The Hall–Kier alpha value is -4.32. The van der Waals surface area contributed by atoms with E-state index in [4.69, 9.17) is 4.74 Å². The third-order valence-electron chi connectivity index (χ3n) is 6.61. The standard InChI is InChI=1S/C30H29N3O3/c1-36-25-15-13-23(14-16-25)30-27-12-7-19-32(27)26-11-6-5-10-24(26)21-33(30)29(35)18-17-28(34)31-20-22-8-3-2-4-9-22/h2-16,19,30H,17-18,20-21H2,1H3,(H,31,34). The highest BCUT2D eigenvalue weighted by molar-refractivity contribution is 5.84. The van der Waals surface area contributed by atoms with E-state index in [1.165, 1.54) is 0 Å². The lowest BCUT2D eigenvalue weighted by Gasteiger charge is -2.31. The van der Waals surface area contributed by atoms with Crippen LogP contribution in [-0.2, 0) is 22.7 Å². The van der Waals surface area contributed by atoms with Crippen molar-refractivity contribution in [2.24, 2.45) is 0 Å². The number of carbonyl (C=O) groups is 2. The van der Waals surface area contributed by atoms with E-state index in [0.717, 1.165) is 33.8 Å². The number of hydrogen-bond donors (Lipinski definition) is 1. The van der Waals surface area contributed by atoms with Crippen LogP contribution in [0, 0.1) is 0 Å². The molecule has 36 heavy (non-hydrogen) atoms. The maximum Gasteiger partial charge on any atom is 0.224 e. The van der Waals surface area contributed by atoms with Crippen LogP contribution >= 0.6 is 0 Å². The van der Waals surface area contributed by atoms with Crippen LogP contribution in [-0.4, -0.2) is 28.4 Å². The Morgan fingerprint density at radius 3 is 2.42 bits per heavy atom. The molecule has 1 aliphatic heterocycles. The van der Waals surface area contributed by atoms with E-state index in [1.54, 1.807) is 7.11 Å². The van der Waals surface area contributed by atoms with Crippen molar-refractivity contribution in [1.82, 2.24) is 14.8 Å². The number of nitrogens with zero attached hydrogens (tertiary/aromatic N) is 2. The molecule has 1 atom stereocenters. The zero-order valence-corrected chi connectivity index (χ0v) is 20.3. The van der Waals surface area contributed by atoms with Gasteiger partial charge in [0, 0.05) is 37.8 Å². The number of rotatable bonds is 7. The fourth-order valence-electron chi connectivity index (χ4n) is 4.77. The summed E-state index contributed by atoms with van der Waals surface area (Å²) in [5.74, 6) is 0.570. The maximum absolute atomic E-state index is 13.7. The van der Waals surface area contributed by atoms with Gasteiger partial charge in [0.2, 0.25) is 11.8 Å². The molecule has 182 valence electrons. The quantitative estimate of drug-likeness (QED) is 0.405. The Morgan fingerprint density at radius 1 is 0.889 bits per heavy atom. The predicted octanol–water partition coefficient (Wildman–Crippen LogP) is 5.01. The fourth-order valence-corrected chi connectivity index (χ4v) is 4.77. The third kappa shape index (κ3) is 4.89. The molecule has 6 heteroatoms. The molecule has 1 unspecified atom stereocenters. The Morgan fingerprint density at radius 2 is 1.64 bits per heavy atom. The van der Waals surface area contributed by atoms with Gasteiger partial charge in [-0.25, -0.2) is 0 Å². The Bertz CT molecular complexity index is 1350. The van der Waals surface area contributed by atoms with Gasteiger partial charge in [-0.1, -0.05) is 60.7 Å². The molecular weight excluding hydrogens is 450 g/mol. The molecule has 1 aliphatic rings. The largest absolute Gasteiger partial charge is 0.497 e. The van der Waals surface area contributed by atoms with Gasteiger partial charge in [0.05, 0.1) is 18.8 Å². The normalized spacial score (nSPS) is 14.4. The lowest BCUT2D eigenvalue weighted by atomic mass is 10.0.